The van der Waals surface area contributed by atoms with Crippen LogP contribution in [0.3, 0.4) is 0 Å². The number of methoxy groups -OCH3 is 1. The zero-order valence-electron chi connectivity index (χ0n) is 16.5. The Kier molecular flexibility index (Phi) is 6.92. The number of carbonyl (C=O) groups is 1. The first kappa shape index (κ1) is 21.0. The monoisotopic (exact) mass is 411 g/mol. The van der Waals surface area contributed by atoms with E-state index in [0.717, 1.165) is 19.6 Å². The third-order valence-electron chi connectivity index (χ3n) is 5.32. The second-order valence-electron chi connectivity index (χ2n) is 7.15. The lowest BCUT2D eigenvalue weighted by Gasteiger charge is -2.27. The maximum absolute atomic E-state index is 13.2. The van der Waals surface area contributed by atoms with Crippen molar-refractivity contribution in [1.29, 1.82) is 0 Å². The summed E-state index contributed by atoms with van der Waals surface area (Å²) in [5.74, 6) is 0.254. The predicted molar refractivity (Wildman–Crippen MR) is 105 cm³/mol. The smallest absolute Gasteiger partial charge is 0.244 e. The molecule has 0 saturated carbocycles. The van der Waals surface area contributed by atoms with Gasteiger partial charge in [-0.3, -0.25) is 9.69 Å². The summed E-state index contributed by atoms with van der Waals surface area (Å²) in [7, 11) is -2.27. The van der Waals surface area contributed by atoms with Gasteiger partial charge in [-0.15, -0.1) is 0 Å². The van der Waals surface area contributed by atoms with Crippen LogP contribution in [0.15, 0.2) is 23.1 Å². The van der Waals surface area contributed by atoms with E-state index in [0.29, 0.717) is 50.5 Å². The van der Waals surface area contributed by atoms with Gasteiger partial charge in [-0.1, -0.05) is 6.07 Å². The second kappa shape index (κ2) is 9.21. The molecule has 0 unspecified atom stereocenters. The average Bonchev–Trinajstić information content (AvgIpc) is 3.20. The van der Waals surface area contributed by atoms with Gasteiger partial charge in [-0.2, -0.15) is 4.31 Å². The van der Waals surface area contributed by atoms with Gasteiger partial charge in [-0.25, -0.2) is 8.42 Å². The van der Waals surface area contributed by atoms with Gasteiger partial charge >= 0.3 is 0 Å². The number of hydrogen-bond donors (Lipinski definition) is 1. The van der Waals surface area contributed by atoms with Gasteiger partial charge in [0.25, 0.3) is 0 Å². The first-order valence-corrected chi connectivity index (χ1v) is 11.1. The molecule has 0 radical (unpaired) electrons. The number of sulfonamides is 1. The van der Waals surface area contributed by atoms with Crippen LogP contribution in [0, 0.1) is 6.92 Å². The van der Waals surface area contributed by atoms with Crippen LogP contribution < -0.4 is 10.1 Å². The summed E-state index contributed by atoms with van der Waals surface area (Å²) in [6.45, 7) is 6.47. The van der Waals surface area contributed by atoms with Gasteiger partial charge in [0.05, 0.1) is 25.2 Å². The van der Waals surface area contributed by atoms with Gasteiger partial charge < -0.3 is 14.8 Å². The first-order valence-electron chi connectivity index (χ1n) is 9.68. The predicted octanol–water partition coefficient (Wildman–Crippen LogP) is 0.605. The topological polar surface area (TPSA) is 88.2 Å². The zero-order valence-corrected chi connectivity index (χ0v) is 17.3. The lowest BCUT2D eigenvalue weighted by molar-refractivity contribution is -0.124. The molecule has 0 bridgehead atoms. The molecule has 0 spiro atoms. The van der Waals surface area contributed by atoms with Crippen molar-refractivity contribution in [3.63, 3.8) is 0 Å². The molecule has 2 fully saturated rings. The number of amides is 1. The molecule has 156 valence electrons. The van der Waals surface area contributed by atoms with E-state index in [2.05, 4.69) is 10.2 Å². The van der Waals surface area contributed by atoms with Crippen LogP contribution >= 0.6 is 0 Å². The zero-order chi connectivity index (χ0) is 20.1. The number of carbonyl (C=O) groups excluding carboxylic acids is 1. The largest absolute Gasteiger partial charge is 0.497 e. The van der Waals surface area contributed by atoms with E-state index >= 15 is 0 Å². The Hall–Kier alpha value is -1.68. The molecule has 8 nitrogen and oxygen atoms in total. The molecular weight excluding hydrogens is 382 g/mol. The third kappa shape index (κ3) is 4.65. The lowest BCUT2D eigenvalue weighted by atomic mass is 10.2. The highest BCUT2D eigenvalue weighted by Crippen LogP contribution is 2.30. The van der Waals surface area contributed by atoms with Crippen LogP contribution in [0.25, 0.3) is 0 Å². The standard InChI is InChI=1S/C19H29N3O5S/c1-15-5-6-16(26-2)14-18(15)28(24,25)22-8-3-4-17(22)19(23)20-7-9-21-10-12-27-13-11-21/h5-6,14,17H,3-4,7-13H2,1-2H3,(H,20,23)/t17-/m0/s1. The fourth-order valence-electron chi connectivity index (χ4n) is 3.68. The highest BCUT2D eigenvalue weighted by Gasteiger charge is 2.40. The summed E-state index contributed by atoms with van der Waals surface area (Å²) in [5, 5.41) is 2.91. The molecule has 2 aliphatic rings. The fraction of sp³-hybridized carbons (Fsp3) is 0.632. The quantitative estimate of drug-likeness (QED) is 0.707. The van der Waals surface area contributed by atoms with Crippen molar-refractivity contribution < 1.29 is 22.7 Å². The van der Waals surface area contributed by atoms with E-state index in [4.69, 9.17) is 9.47 Å². The molecule has 2 saturated heterocycles. The van der Waals surface area contributed by atoms with Crippen molar-refractivity contribution in [3.05, 3.63) is 23.8 Å². The number of nitrogens with zero attached hydrogens (tertiary/aromatic N) is 2. The molecule has 1 aromatic carbocycles. The molecule has 0 aliphatic carbocycles. The van der Waals surface area contributed by atoms with E-state index in [9.17, 15) is 13.2 Å². The van der Waals surface area contributed by atoms with Gasteiger partial charge in [0.2, 0.25) is 15.9 Å². The van der Waals surface area contributed by atoms with Crippen molar-refractivity contribution in [2.45, 2.75) is 30.7 Å². The number of morpholine rings is 1. The molecule has 9 heteroatoms. The summed E-state index contributed by atoms with van der Waals surface area (Å²) < 4.78 is 38.3. The number of benzene rings is 1. The Balaban J connectivity index is 1.66. The Labute approximate surface area is 166 Å². The van der Waals surface area contributed by atoms with Crippen LogP contribution in [0.1, 0.15) is 18.4 Å². The summed E-state index contributed by atoms with van der Waals surface area (Å²) in [4.78, 5) is 15.1. The molecular formula is C19H29N3O5S. The highest BCUT2D eigenvalue weighted by atomic mass is 32.2. The summed E-state index contributed by atoms with van der Waals surface area (Å²) in [6.07, 6.45) is 1.20. The Morgan fingerprint density at radius 3 is 2.75 bits per heavy atom. The summed E-state index contributed by atoms with van der Waals surface area (Å²) >= 11 is 0. The highest BCUT2D eigenvalue weighted by molar-refractivity contribution is 7.89. The number of rotatable bonds is 7. The molecule has 2 heterocycles. The van der Waals surface area contributed by atoms with Gasteiger partial charge in [0.15, 0.2) is 0 Å². The van der Waals surface area contributed by atoms with Crippen LogP contribution in [0.4, 0.5) is 0 Å². The summed E-state index contributed by atoms with van der Waals surface area (Å²) in [5.41, 5.74) is 0.638. The minimum atomic E-state index is -3.78. The molecule has 1 amide bonds. The van der Waals surface area contributed by atoms with Crippen molar-refractivity contribution >= 4 is 15.9 Å². The molecule has 0 aromatic heterocycles. The Bertz CT molecular complexity index is 793. The normalized spacial score (nSPS) is 21.6. The van der Waals surface area contributed by atoms with Gasteiger partial charge in [-0.05, 0) is 31.4 Å². The van der Waals surface area contributed by atoms with Crippen LogP contribution in [-0.4, -0.2) is 82.6 Å². The van der Waals surface area contributed by atoms with E-state index in [-0.39, 0.29) is 10.8 Å². The van der Waals surface area contributed by atoms with Crippen molar-refractivity contribution in [1.82, 2.24) is 14.5 Å². The number of nitrogens with one attached hydrogen (secondary N) is 1. The third-order valence-corrected chi connectivity index (χ3v) is 7.37. The van der Waals surface area contributed by atoms with Crippen molar-refractivity contribution in [2.75, 3.05) is 53.0 Å². The van der Waals surface area contributed by atoms with Crippen LogP contribution in [0.2, 0.25) is 0 Å². The van der Waals surface area contributed by atoms with E-state index < -0.39 is 16.1 Å². The maximum atomic E-state index is 13.2. The first-order chi connectivity index (χ1) is 13.4. The van der Waals surface area contributed by atoms with E-state index in [1.165, 1.54) is 17.5 Å². The molecule has 1 aromatic rings. The second-order valence-corrected chi connectivity index (χ2v) is 9.01. The summed E-state index contributed by atoms with van der Waals surface area (Å²) in [6, 6.07) is 4.31. The van der Waals surface area contributed by atoms with Crippen LogP contribution in [-0.2, 0) is 19.6 Å². The Morgan fingerprint density at radius 1 is 1.29 bits per heavy atom. The van der Waals surface area contributed by atoms with E-state index in [1.54, 1.807) is 19.1 Å². The Morgan fingerprint density at radius 2 is 2.04 bits per heavy atom. The molecule has 2 aliphatic heterocycles. The number of hydrogen-bond acceptors (Lipinski definition) is 6. The fourth-order valence-corrected chi connectivity index (χ4v) is 5.58. The van der Waals surface area contributed by atoms with Gasteiger partial charge in [0, 0.05) is 38.8 Å². The SMILES string of the molecule is COc1ccc(C)c(S(=O)(=O)N2CCC[C@H]2C(=O)NCCN2CCOCC2)c1. The maximum Gasteiger partial charge on any atom is 0.244 e. The van der Waals surface area contributed by atoms with E-state index in [1.807, 2.05) is 0 Å². The minimum absolute atomic E-state index is 0.194. The van der Waals surface area contributed by atoms with Gasteiger partial charge in [0.1, 0.15) is 11.8 Å². The van der Waals surface area contributed by atoms with Crippen molar-refractivity contribution in [2.24, 2.45) is 0 Å². The number of aryl methyl sites for hydroxylation is 1. The molecule has 28 heavy (non-hydrogen) atoms. The minimum Gasteiger partial charge on any atom is -0.497 e. The lowest BCUT2D eigenvalue weighted by Crippen LogP contribution is -2.48. The molecule has 1 atom stereocenters. The van der Waals surface area contributed by atoms with Crippen molar-refractivity contribution in [3.8, 4) is 5.75 Å². The van der Waals surface area contributed by atoms with Crippen LogP contribution in [0.5, 0.6) is 5.75 Å². The molecule has 3 rings (SSSR count). The molecule has 1 N–H and O–H groups in total. The average molecular weight is 412 g/mol. The number of ether oxygens (including phenoxy) is 2.